The average molecular weight is 343 g/mol. The quantitative estimate of drug-likeness (QED) is 0.562. The summed E-state index contributed by atoms with van der Waals surface area (Å²) in [5, 5.41) is 2.51. The van der Waals surface area contributed by atoms with Gasteiger partial charge in [0.15, 0.2) is 0 Å². The van der Waals surface area contributed by atoms with Crippen LogP contribution in [0.2, 0.25) is 0 Å². The molecule has 4 aromatic rings. The first kappa shape index (κ1) is 16.1. The van der Waals surface area contributed by atoms with Gasteiger partial charge in [-0.1, -0.05) is 48.5 Å². The lowest BCUT2D eigenvalue weighted by Gasteiger charge is -2.12. The number of carbonyl (C=O) groups excluding carboxylic acids is 1. The summed E-state index contributed by atoms with van der Waals surface area (Å²) in [5.41, 5.74) is 0.841. The van der Waals surface area contributed by atoms with Crippen LogP contribution in [0.25, 0.3) is 21.7 Å². The third kappa shape index (κ3) is 2.65. The number of nitrogens with one attached hydrogen (secondary N) is 1. The second kappa shape index (κ2) is 6.48. The van der Waals surface area contributed by atoms with E-state index >= 15 is 0 Å². The van der Waals surface area contributed by atoms with E-state index in [1.54, 1.807) is 12.1 Å². The molecule has 0 amide bonds. The molecule has 26 heavy (non-hydrogen) atoms. The molecule has 3 aromatic carbocycles. The number of para-hydroxylation sites is 1. The lowest BCUT2D eigenvalue weighted by molar-refractivity contribution is 0.103. The van der Waals surface area contributed by atoms with Crippen LogP contribution in [0, 0.1) is 0 Å². The zero-order chi connectivity index (χ0) is 18.1. The Bertz CT molecular complexity index is 1190. The Labute approximate surface area is 150 Å². The van der Waals surface area contributed by atoms with Crippen LogP contribution < -0.4 is 10.3 Å². The molecule has 1 N–H and O–H groups in total. The van der Waals surface area contributed by atoms with Gasteiger partial charge in [0.1, 0.15) is 5.75 Å². The minimum atomic E-state index is -0.399. The number of ketones is 1. The molecule has 4 nitrogen and oxygen atoms in total. The zero-order valence-corrected chi connectivity index (χ0v) is 14.3. The van der Waals surface area contributed by atoms with Gasteiger partial charge in [-0.2, -0.15) is 0 Å². The molecule has 4 heteroatoms. The Morgan fingerprint density at radius 3 is 2.50 bits per heavy atom. The first-order valence-corrected chi connectivity index (χ1v) is 8.50. The van der Waals surface area contributed by atoms with Gasteiger partial charge >= 0.3 is 0 Å². The van der Waals surface area contributed by atoms with Gasteiger partial charge in [-0.3, -0.25) is 9.59 Å². The normalized spacial score (nSPS) is 11.0. The first-order chi connectivity index (χ1) is 12.7. The van der Waals surface area contributed by atoms with Crippen LogP contribution in [0.4, 0.5) is 0 Å². The van der Waals surface area contributed by atoms with Crippen LogP contribution >= 0.6 is 0 Å². The predicted molar refractivity (Wildman–Crippen MR) is 103 cm³/mol. The van der Waals surface area contributed by atoms with Gasteiger partial charge in [-0.05, 0) is 41.3 Å². The Hall–Kier alpha value is -3.40. The van der Waals surface area contributed by atoms with Gasteiger partial charge in [-0.25, -0.2) is 0 Å². The fourth-order valence-electron chi connectivity index (χ4n) is 3.21. The fourth-order valence-corrected chi connectivity index (χ4v) is 3.21. The van der Waals surface area contributed by atoms with Crippen LogP contribution in [0.15, 0.2) is 71.5 Å². The van der Waals surface area contributed by atoms with E-state index in [4.69, 9.17) is 4.74 Å². The number of aromatic amines is 1. The molecule has 0 saturated carbocycles. The molecule has 1 aromatic heterocycles. The van der Waals surface area contributed by atoms with Crippen molar-refractivity contribution in [1.82, 2.24) is 4.98 Å². The Morgan fingerprint density at radius 1 is 0.962 bits per heavy atom. The van der Waals surface area contributed by atoms with Gasteiger partial charge < -0.3 is 9.72 Å². The number of carbonyl (C=O) groups is 1. The van der Waals surface area contributed by atoms with Crippen LogP contribution in [-0.4, -0.2) is 17.4 Å². The van der Waals surface area contributed by atoms with Crippen LogP contribution in [0.1, 0.15) is 22.8 Å². The molecule has 0 unspecified atom stereocenters. The van der Waals surface area contributed by atoms with Gasteiger partial charge in [0.2, 0.25) is 5.78 Å². The number of pyridine rings is 1. The third-order valence-electron chi connectivity index (χ3n) is 4.42. The summed E-state index contributed by atoms with van der Waals surface area (Å²) >= 11 is 0. The summed E-state index contributed by atoms with van der Waals surface area (Å²) in [6.45, 7) is 2.30. The molecular weight excluding hydrogens is 326 g/mol. The number of hydrogen-bond acceptors (Lipinski definition) is 3. The number of benzene rings is 3. The number of hydrogen-bond donors (Lipinski definition) is 1. The SMILES string of the molecule is CCOc1ccc2ccccc2c1C(=O)c1cc2ccccc2[nH]c1=O. The molecule has 0 saturated heterocycles. The summed E-state index contributed by atoms with van der Waals surface area (Å²) < 4.78 is 5.68. The van der Waals surface area contributed by atoms with E-state index in [9.17, 15) is 9.59 Å². The highest BCUT2D eigenvalue weighted by Crippen LogP contribution is 2.30. The molecule has 128 valence electrons. The summed E-state index contributed by atoms with van der Waals surface area (Å²) in [4.78, 5) is 28.6. The summed E-state index contributed by atoms with van der Waals surface area (Å²) in [7, 11) is 0. The van der Waals surface area contributed by atoms with Crippen molar-refractivity contribution in [3.05, 3.63) is 88.2 Å². The number of fused-ring (bicyclic) bond motifs is 2. The highest BCUT2D eigenvalue weighted by Gasteiger charge is 2.21. The van der Waals surface area contributed by atoms with Crippen molar-refractivity contribution >= 4 is 27.5 Å². The number of rotatable bonds is 4. The van der Waals surface area contributed by atoms with Crippen molar-refractivity contribution in [1.29, 1.82) is 0 Å². The van der Waals surface area contributed by atoms with Gasteiger partial charge in [0, 0.05) is 5.52 Å². The molecule has 4 rings (SSSR count). The highest BCUT2D eigenvalue weighted by molar-refractivity contribution is 6.18. The molecule has 0 bridgehead atoms. The number of ether oxygens (including phenoxy) is 1. The molecule has 0 aliphatic rings. The van der Waals surface area contributed by atoms with Crippen molar-refractivity contribution in [3.63, 3.8) is 0 Å². The van der Waals surface area contributed by atoms with E-state index in [0.29, 0.717) is 23.4 Å². The topological polar surface area (TPSA) is 59.2 Å². The number of aromatic nitrogens is 1. The maximum atomic E-state index is 13.3. The minimum Gasteiger partial charge on any atom is -0.493 e. The van der Waals surface area contributed by atoms with Gasteiger partial charge in [0.25, 0.3) is 5.56 Å². The van der Waals surface area contributed by atoms with E-state index in [-0.39, 0.29) is 11.3 Å². The largest absolute Gasteiger partial charge is 0.493 e. The Balaban J connectivity index is 1.98. The Kier molecular flexibility index (Phi) is 4.01. The van der Waals surface area contributed by atoms with Crippen LogP contribution in [0.3, 0.4) is 0 Å². The monoisotopic (exact) mass is 343 g/mol. The molecule has 1 heterocycles. The van der Waals surface area contributed by atoms with E-state index < -0.39 is 5.56 Å². The van der Waals surface area contributed by atoms with Gasteiger partial charge in [-0.15, -0.1) is 0 Å². The minimum absolute atomic E-state index is 0.112. The lowest BCUT2D eigenvalue weighted by Crippen LogP contribution is -2.19. The molecule has 0 spiro atoms. The second-order valence-electron chi connectivity index (χ2n) is 6.02. The second-order valence-corrected chi connectivity index (χ2v) is 6.02. The molecule has 0 atom stereocenters. The zero-order valence-electron chi connectivity index (χ0n) is 14.3. The standard InChI is InChI=1S/C22H17NO3/c1-2-26-19-12-11-14-7-3-5-9-16(14)20(19)21(24)17-13-15-8-4-6-10-18(15)23-22(17)25/h3-13H,2H2,1H3,(H,23,25). The van der Waals surface area contributed by atoms with Crippen LogP contribution in [-0.2, 0) is 0 Å². The third-order valence-corrected chi connectivity index (χ3v) is 4.42. The van der Waals surface area contributed by atoms with E-state index in [1.165, 1.54) is 0 Å². The highest BCUT2D eigenvalue weighted by atomic mass is 16.5. The molecule has 0 aliphatic heterocycles. The molecular formula is C22H17NO3. The predicted octanol–water partition coefficient (Wildman–Crippen LogP) is 4.31. The molecule has 0 radical (unpaired) electrons. The number of H-pyrrole nitrogens is 1. The maximum Gasteiger partial charge on any atom is 0.259 e. The summed E-state index contributed by atoms with van der Waals surface area (Å²) in [6.07, 6.45) is 0. The molecule has 0 fully saturated rings. The molecule has 0 aliphatic carbocycles. The van der Waals surface area contributed by atoms with Crippen molar-refractivity contribution in [3.8, 4) is 5.75 Å². The van der Waals surface area contributed by atoms with Crippen molar-refractivity contribution in [2.45, 2.75) is 6.92 Å². The van der Waals surface area contributed by atoms with Gasteiger partial charge in [0.05, 0.1) is 17.7 Å². The Morgan fingerprint density at radius 2 is 1.69 bits per heavy atom. The smallest absolute Gasteiger partial charge is 0.259 e. The van der Waals surface area contributed by atoms with Crippen LogP contribution in [0.5, 0.6) is 5.75 Å². The van der Waals surface area contributed by atoms with Crippen molar-refractivity contribution in [2.75, 3.05) is 6.61 Å². The average Bonchev–Trinajstić information content (AvgIpc) is 2.67. The van der Waals surface area contributed by atoms with E-state index in [1.807, 2.05) is 61.5 Å². The van der Waals surface area contributed by atoms with Crippen molar-refractivity contribution < 1.29 is 9.53 Å². The van der Waals surface area contributed by atoms with Crippen molar-refractivity contribution in [2.24, 2.45) is 0 Å². The summed E-state index contributed by atoms with van der Waals surface area (Å²) in [6, 6.07) is 20.4. The maximum absolute atomic E-state index is 13.3. The fraction of sp³-hybridized carbons (Fsp3) is 0.0909. The van der Waals surface area contributed by atoms with E-state index in [2.05, 4.69) is 4.98 Å². The first-order valence-electron chi connectivity index (χ1n) is 8.50. The van der Waals surface area contributed by atoms with E-state index in [0.717, 1.165) is 16.2 Å². The summed E-state index contributed by atoms with van der Waals surface area (Å²) in [5.74, 6) is 0.154. The lowest BCUT2D eigenvalue weighted by atomic mass is 9.96.